The molecule has 0 aromatic heterocycles. The van der Waals surface area contributed by atoms with Gasteiger partial charge in [0.05, 0.1) is 4.90 Å². The number of hydrogen-bond acceptors (Lipinski definition) is 4. The molecule has 1 aliphatic rings. The number of ether oxygens (including phenoxy) is 1. The molecule has 1 aliphatic carbocycles. The van der Waals surface area contributed by atoms with E-state index in [-0.39, 0.29) is 5.60 Å². The molecule has 1 aromatic rings. The van der Waals surface area contributed by atoms with Crippen LogP contribution in [0.1, 0.15) is 12.8 Å². The van der Waals surface area contributed by atoms with E-state index in [2.05, 4.69) is 5.32 Å². The zero-order valence-corrected chi connectivity index (χ0v) is 10.9. The molecule has 0 radical (unpaired) electrons. The Morgan fingerprint density at radius 1 is 1.29 bits per heavy atom. The normalized spacial score (nSPS) is 17.8. The third-order valence-corrected chi connectivity index (χ3v) is 4.02. The average molecular weight is 255 g/mol. The largest absolute Gasteiger partial charge is 0.486 e. The Hall–Kier alpha value is -1.07. The van der Waals surface area contributed by atoms with Crippen LogP contribution in [0.3, 0.4) is 0 Å². The molecule has 1 N–H and O–H groups in total. The van der Waals surface area contributed by atoms with Gasteiger partial charge in [0.2, 0.25) is 0 Å². The Balaban J connectivity index is 2.09. The van der Waals surface area contributed by atoms with Gasteiger partial charge in [-0.1, -0.05) is 0 Å². The Bertz CT molecular complexity index is 489. The molecule has 1 fully saturated rings. The molecule has 0 atom stereocenters. The summed E-state index contributed by atoms with van der Waals surface area (Å²) in [7, 11) is -1.23. The van der Waals surface area contributed by atoms with Crippen LogP contribution in [-0.4, -0.2) is 33.9 Å². The second kappa shape index (κ2) is 4.31. The molecule has 17 heavy (non-hydrogen) atoms. The fourth-order valence-corrected chi connectivity index (χ4v) is 2.41. The molecule has 5 heteroatoms. The molecule has 0 aliphatic heterocycles. The van der Waals surface area contributed by atoms with Crippen LogP contribution in [0.2, 0.25) is 0 Å². The maximum atomic E-state index is 11.3. The summed E-state index contributed by atoms with van der Waals surface area (Å²) in [5.41, 5.74) is -0.0820. The fourth-order valence-electron chi connectivity index (χ4n) is 1.78. The topological polar surface area (TPSA) is 55.4 Å². The summed E-state index contributed by atoms with van der Waals surface area (Å²) in [6.07, 6.45) is 3.29. The van der Waals surface area contributed by atoms with Crippen LogP contribution in [0, 0.1) is 0 Å². The van der Waals surface area contributed by atoms with Crippen molar-refractivity contribution in [2.24, 2.45) is 0 Å². The van der Waals surface area contributed by atoms with Crippen LogP contribution in [0.5, 0.6) is 5.75 Å². The van der Waals surface area contributed by atoms with Crippen molar-refractivity contribution in [3.63, 3.8) is 0 Å². The first-order valence-corrected chi connectivity index (χ1v) is 7.48. The van der Waals surface area contributed by atoms with Gasteiger partial charge in [0.25, 0.3) is 0 Å². The van der Waals surface area contributed by atoms with Gasteiger partial charge >= 0.3 is 0 Å². The zero-order valence-electron chi connectivity index (χ0n) is 10.1. The molecular formula is C12H17NO3S. The van der Waals surface area contributed by atoms with Gasteiger partial charge in [0.15, 0.2) is 9.84 Å². The summed E-state index contributed by atoms with van der Waals surface area (Å²) in [6, 6.07) is 6.60. The zero-order chi connectivity index (χ0) is 12.5. The van der Waals surface area contributed by atoms with E-state index < -0.39 is 9.84 Å². The summed E-state index contributed by atoms with van der Waals surface area (Å²) in [6.45, 7) is 0.820. The van der Waals surface area contributed by atoms with E-state index >= 15 is 0 Å². The van der Waals surface area contributed by atoms with Crippen molar-refractivity contribution in [1.82, 2.24) is 5.32 Å². The summed E-state index contributed by atoms with van der Waals surface area (Å²) in [5, 5.41) is 3.11. The molecule has 2 rings (SSSR count). The van der Waals surface area contributed by atoms with E-state index in [1.807, 2.05) is 7.05 Å². The van der Waals surface area contributed by atoms with Crippen molar-refractivity contribution in [1.29, 1.82) is 0 Å². The molecule has 0 amide bonds. The number of sulfone groups is 1. The minimum atomic E-state index is -3.13. The molecule has 1 aromatic carbocycles. The molecule has 4 nitrogen and oxygen atoms in total. The van der Waals surface area contributed by atoms with E-state index in [0.717, 1.165) is 25.1 Å². The fraction of sp³-hybridized carbons (Fsp3) is 0.500. The van der Waals surface area contributed by atoms with Gasteiger partial charge in [-0.25, -0.2) is 8.42 Å². The standard InChI is InChI=1S/C12H17NO3S/c1-13-9-12(7-8-12)16-10-3-5-11(6-4-10)17(2,14)15/h3-6,13H,7-9H2,1-2H3. The smallest absolute Gasteiger partial charge is 0.175 e. The minimum absolute atomic E-state index is 0.0820. The molecule has 1 saturated carbocycles. The van der Waals surface area contributed by atoms with E-state index in [9.17, 15) is 8.42 Å². The average Bonchev–Trinajstić information content (AvgIpc) is 2.98. The molecule has 0 spiro atoms. The maximum Gasteiger partial charge on any atom is 0.175 e. The van der Waals surface area contributed by atoms with Gasteiger partial charge in [-0.15, -0.1) is 0 Å². The van der Waals surface area contributed by atoms with Gasteiger partial charge in [0, 0.05) is 12.8 Å². The van der Waals surface area contributed by atoms with Crippen molar-refractivity contribution < 1.29 is 13.2 Å². The van der Waals surface area contributed by atoms with Crippen molar-refractivity contribution in [2.45, 2.75) is 23.3 Å². The lowest BCUT2D eigenvalue weighted by molar-refractivity contribution is 0.178. The van der Waals surface area contributed by atoms with Crippen LogP contribution >= 0.6 is 0 Å². The number of nitrogens with one attached hydrogen (secondary N) is 1. The maximum absolute atomic E-state index is 11.3. The van der Waals surface area contributed by atoms with Crippen LogP contribution < -0.4 is 10.1 Å². The Morgan fingerprint density at radius 3 is 2.29 bits per heavy atom. The number of likely N-dealkylation sites (N-methyl/N-ethyl adjacent to an activating group) is 1. The van der Waals surface area contributed by atoms with Crippen molar-refractivity contribution in [3.05, 3.63) is 24.3 Å². The summed E-state index contributed by atoms with van der Waals surface area (Å²) >= 11 is 0. The predicted octanol–water partition coefficient (Wildman–Crippen LogP) is 1.22. The first-order chi connectivity index (χ1) is 7.95. The van der Waals surface area contributed by atoms with E-state index in [0.29, 0.717) is 4.90 Å². The van der Waals surface area contributed by atoms with Crippen molar-refractivity contribution in [3.8, 4) is 5.75 Å². The number of benzene rings is 1. The summed E-state index contributed by atoms with van der Waals surface area (Å²) in [5.74, 6) is 0.727. The van der Waals surface area contributed by atoms with Gasteiger partial charge < -0.3 is 10.1 Å². The summed E-state index contributed by atoms with van der Waals surface area (Å²) in [4.78, 5) is 0.323. The monoisotopic (exact) mass is 255 g/mol. The van der Waals surface area contributed by atoms with Crippen LogP contribution in [0.15, 0.2) is 29.2 Å². The van der Waals surface area contributed by atoms with E-state index in [4.69, 9.17) is 4.74 Å². The number of hydrogen-bond donors (Lipinski definition) is 1. The lowest BCUT2D eigenvalue weighted by atomic mass is 10.3. The lowest BCUT2D eigenvalue weighted by Gasteiger charge is -2.17. The van der Waals surface area contributed by atoms with E-state index in [1.54, 1.807) is 24.3 Å². The minimum Gasteiger partial charge on any atom is -0.486 e. The summed E-state index contributed by atoms with van der Waals surface area (Å²) < 4.78 is 28.5. The Morgan fingerprint density at radius 2 is 1.88 bits per heavy atom. The van der Waals surface area contributed by atoms with Gasteiger partial charge in [0.1, 0.15) is 11.4 Å². The van der Waals surface area contributed by atoms with Crippen LogP contribution in [-0.2, 0) is 9.84 Å². The first-order valence-electron chi connectivity index (χ1n) is 5.59. The third-order valence-electron chi connectivity index (χ3n) is 2.89. The SMILES string of the molecule is CNCC1(Oc2ccc(S(C)(=O)=O)cc2)CC1. The molecular weight excluding hydrogens is 238 g/mol. The van der Waals surface area contributed by atoms with Gasteiger partial charge in [-0.2, -0.15) is 0 Å². The van der Waals surface area contributed by atoms with Gasteiger partial charge in [-0.05, 0) is 44.2 Å². The van der Waals surface area contributed by atoms with E-state index in [1.165, 1.54) is 6.26 Å². The van der Waals surface area contributed by atoms with Crippen LogP contribution in [0.4, 0.5) is 0 Å². The first kappa shape index (κ1) is 12.4. The predicted molar refractivity (Wildman–Crippen MR) is 66.1 cm³/mol. The lowest BCUT2D eigenvalue weighted by Crippen LogP contribution is -2.31. The Kier molecular flexibility index (Phi) is 3.14. The van der Waals surface area contributed by atoms with Crippen molar-refractivity contribution in [2.75, 3.05) is 19.8 Å². The molecule has 0 bridgehead atoms. The highest BCUT2D eigenvalue weighted by Gasteiger charge is 2.44. The van der Waals surface area contributed by atoms with Crippen molar-refractivity contribution >= 4 is 9.84 Å². The number of rotatable bonds is 5. The van der Waals surface area contributed by atoms with Gasteiger partial charge in [-0.3, -0.25) is 0 Å². The second-order valence-corrected chi connectivity index (χ2v) is 6.57. The molecule has 94 valence electrons. The highest BCUT2D eigenvalue weighted by molar-refractivity contribution is 7.90. The highest BCUT2D eigenvalue weighted by atomic mass is 32.2. The second-order valence-electron chi connectivity index (χ2n) is 4.56. The Labute approximate surface area is 102 Å². The quantitative estimate of drug-likeness (QED) is 0.859. The molecule has 0 unspecified atom stereocenters. The van der Waals surface area contributed by atoms with Crippen LogP contribution in [0.25, 0.3) is 0 Å². The third kappa shape index (κ3) is 2.98. The molecule has 0 saturated heterocycles. The highest BCUT2D eigenvalue weighted by Crippen LogP contribution is 2.39. The molecule has 0 heterocycles.